The summed E-state index contributed by atoms with van der Waals surface area (Å²) in [5, 5.41) is 19.1. The van der Waals surface area contributed by atoms with E-state index in [1.54, 1.807) is 30.3 Å². The van der Waals surface area contributed by atoms with E-state index in [1.807, 2.05) is 0 Å². The number of benzene rings is 1. The van der Waals surface area contributed by atoms with Gasteiger partial charge in [0.2, 0.25) is 0 Å². The number of rotatable bonds is 4. The first-order chi connectivity index (χ1) is 7.02. The summed E-state index contributed by atoms with van der Waals surface area (Å²) in [6.45, 7) is 4.95. The Labute approximate surface area is 88.7 Å². The summed E-state index contributed by atoms with van der Waals surface area (Å²) in [5.41, 5.74) is -0.984. The number of hydrogen-bond acceptors (Lipinski definition) is 2. The van der Waals surface area contributed by atoms with Gasteiger partial charge in [-0.3, -0.25) is 4.79 Å². The molecule has 2 unspecified atom stereocenters. The highest BCUT2D eigenvalue weighted by atomic mass is 16.4. The lowest BCUT2D eigenvalue weighted by molar-refractivity contribution is -0.148. The molecule has 0 spiro atoms. The third-order valence-electron chi connectivity index (χ3n) is 2.58. The predicted octanol–water partition coefficient (Wildman–Crippen LogP) is 1.78. The zero-order chi connectivity index (χ0) is 11.5. The number of carbonyl (C=O) groups is 1. The Kier molecular flexibility index (Phi) is 3.27. The third kappa shape index (κ3) is 2.07. The molecule has 15 heavy (non-hydrogen) atoms. The van der Waals surface area contributed by atoms with Crippen LogP contribution in [0.5, 0.6) is 0 Å². The summed E-state index contributed by atoms with van der Waals surface area (Å²) in [5.74, 6) is -1.99. The fraction of sp³-hybridized carbons (Fsp3) is 0.250. The van der Waals surface area contributed by atoms with Gasteiger partial charge >= 0.3 is 5.97 Å². The molecule has 0 radical (unpaired) electrons. The van der Waals surface area contributed by atoms with Gasteiger partial charge in [0.1, 0.15) is 5.60 Å². The van der Waals surface area contributed by atoms with E-state index in [0.717, 1.165) is 0 Å². The first-order valence-electron chi connectivity index (χ1n) is 4.66. The van der Waals surface area contributed by atoms with Crippen LogP contribution in [0.3, 0.4) is 0 Å². The maximum atomic E-state index is 10.9. The zero-order valence-corrected chi connectivity index (χ0v) is 8.55. The Morgan fingerprint density at radius 3 is 2.40 bits per heavy atom. The summed E-state index contributed by atoms with van der Waals surface area (Å²) < 4.78 is 0. The standard InChI is InChI=1S/C12H14O3/c1-3-12(15,9(2)11(13)14)10-7-5-4-6-8-10/h3-9,15H,1H2,2H3,(H,13,14). The average Bonchev–Trinajstić information content (AvgIpc) is 2.28. The van der Waals surface area contributed by atoms with Gasteiger partial charge in [-0.1, -0.05) is 43.0 Å². The smallest absolute Gasteiger partial charge is 0.309 e. The number of carboxylic acid groups (broad SMARTS) is 1. The minimum absolute atomic E-state index is 0.537. The average molecular weight is 206 g/mol. The lowest BCUT2D eigenvalue weighted by atomic mass is 9.82. The molecule has 0 saturated carbocycles. The van der Waals surface area contributed by atoms with E-state index in [9.17, 15) is 9.90 Å². The van der Waals surface area contributed by atoms with Gasteiger partial charge in [-0.05, 0) is 12.5 Å². The lowest BCUT2D eigenvalue weighted by Crippen LogP contribution is -2.36. The Bertz CT molecular complexity index is 358. The summed E-state index contributed by atoms with van der Waals surface area (Å²) in [4.78, 5) is 10.9. The van der Waals surface area contributed by atoms with E-state index in [4.69, 9.17) is 5.11 Å². The fourth-order valence-electron chi connectivity index (χ4n) is 1.44. The molecule has 0 saturated heterocycles. The summed E-state index contributed by atoms with van der Waals surface area (Å²) in [6, 6.07) is 8.66. The van der Waals surface area contributed by atoms with Crippen LogP contribution in [0.15, 0.2) is 43.0 Å². The number of aliphatic hydroxyl groups is 1. The predicted molar refractivity (Wildman–Crippen MR) is 57.3 cm³/mol. The largest absolute Gasteiger partial charge is 0.481 e. The van der Waals surface area contributed by atoms with Crippen molar-refractivity contribution >= 4 is 5.97 Å². The van der Waals surface area contributed by atoms with Gasteiger partial charge in [0.05, 0.1) is 5.92 Å². The topological polar surface area (TPSA) is 57.5 Å². The summed E-state index contributed by atoms with van der Waals surface area (Å²) in [7, 11) is 0. The van der Waals surface area contributed by atoms with Crippen molar-refractivity contribution in [2.24, 2.45) is 5.92 Å². The number of carboxylic acids is 1. The molecule has 0 bridgehead atoms. The van der Waals surface area contributed by atoms with Crippen molar-refractivity contribution in [2.45, 2.75) is 12.5 Å². The Balaban J connectivity index is 3.16. The molecule has 1 aromatic carbocycles. The van der Waals surface area contributed by atoms with Crippen molar-refractivity contribution in [3.8, 4) is 0 Å². The van der Waals surface area contributed by atoms with Crippen LogP contribution in [0, 0.1) is 5.92 Å². The van der Waals surface area contributed by atoms with Crippen LogP contribution >= 0.6 is 0 Å². The second-order valence-electron chi connectivity index (χ2n) is 3.46. The van der Waals surface area contributed by atoms with Crippen LogP contribution in [0.1, 0.15) is 12.5 Å². The van der Waals surface area contributed by atoms with Crippen molar-refractivity contribution in [3.63, 3.8) is 0 Å². The highest BCUT2D eigenvalue weighted by Gasteiger charge is 2.37. The van der Waals surface area contributed by atoms with E-state index in [1.165, 1.54) is 13.0 Å². The van der Waals surface area contributed by atoms with Gasteiger partial charge in [-0.25, -0.2) is 0 Å². The fourth-order valence-corrected chi connectivity index (χ4v) is 1.44. The van der Waals surface area contributed by atoms with Gasteiger partial charge in [0.25, 0.3) is 0 Å². The maximum absolute atomic E-state index is 10.9. The summed E-state index contributed by atoms with van der Waals surface area (Å²) >= 11 is 0. The van der Waals surface area contributed by atoms with E-state index in [-0.39, 0.29) is 0 Å². The van der Waals surface area contributed by atoms with Gasteiger partial charge in [-0.15, -0.1) is 0 Å². The molecule has 0 aromatic heterocycles. The minimum atomic E-state index is -1.52. The van der Waals surface area contributed by atoms with Crippen LogP contribution in [-0.2, 0) is 10.4 Å². The normalized spacial score (nSPS) is 16.4. The molecule has 2 N–H and O–H groups in total. The van der Waals surface area contributed by atoms with Crippen LogP contribution in [0.4, 0.5) is 0 Å². The van der Waals surface area contributed by atoms with Crippen molar-refractivity contribution in [2.75, 3.05) is 0 Å². The molecule has 80 valence electrons. The highest BCUT2D eigenvalue weighted by molar-refractivity contribution is 5.72. The number of hydrogen-bond donors (Lipinski definition) is 2. The molecule has 0 aliphatic carbocycles. The lowest BCUT2D eigenvalue weighted by Gasteiger charge is -2.28. The van der Waals surface area contributed by atoms with Crippen LogP contribution in [-0.4, -0.2) is 16.2 Å². The van der Waals surface area contributed by atoms with Crippen LogP contribution in [0.2, 0.25) is 0 Å². The Hall–Kier alpha value is -1.61. The summed E-state index contributed by atoms with van der Waals surface area (Å²) in [6.07, 6.45) is 1.27. The first-order valence-corrected chi connectivity index (χ1v) is 4.66. The van der Waals surface area contributed by atoms with E-state index in [2.05, 4.69) is 6.58 Å². The van der Waals surface area contributed by atoms with Crippen molar-refractivity contribution in [3.05, 3.63) is 48.6 Å². The van der Waals surface area contributed by atoms with Crippen LogP contribution < -0.4 is 0 Å². The second kappa shape index (κ2) is 4.28. The second-order valence-corrected chi connectivity index (χ2v) is 3.46. The molecule has 3 heteroatoms. The first kappa shape index (κ1) is 11.5. The van der Waals surface area contributed by atoms with E-state index in [0.29, 0.717) is 5.56 Å². The molecule has 0 fully saturated rings. The minimum Gasteiger partial charge on any atom is -0.481 e. The quantitative estimate of drug-likeness (QED) is 0.738. The zero-order valence-electron chi connectivity index (χ0n) is 8.55. The molecule has 2 atom stereocenters. The SMILES string of the molecule is C=CC(O)(c1ccccc1)C(C)C(=O)O. The molecule has 0 aliphatic heterocycles. The monoisotopic (exact) mass is 206 g/mol. The van der Waals surface area contributed by atoms with Gasteiger partial charge in [0, 0.05) is 0 Å². The van der Waals surface area contributed by atoms with Gasteiger partial charge in [0.15, 0.2) is 0 Å². The molecule has 3 nitrogen and oxygen atoms in total. The van der Waals surface area contributed by atoms with Crippen LogP contribution in [0.25, 0.3) is 0 Å². The number of aliphatic carboxylic acids is 1. The molecule has 0 aliphatic rings. The molecule has 0 amide bonds. The van der Waals surface area contributed by atoms with Crippen molar-refractivity contribution in [1.29, 1.82) is 0 Å². The highest BCUT2D eigenvalue weighted by Crippen LogP contribution is 2.30. The Morgan fingerprint density at radius 1 is 1.47 bits per heavy atom. The maximum Gasteiger partial charge on any atom is 0.309 e. The van der Waals surface area contributed by atoms with E-state index >= 15 is 0 Å². The van der Waals surface area contributed by atoms with Crippen molar-refractivity contribution < 1.29 is 15.0 Å². The molecular weight excluding hydrogens is 192 g/mol. The Morgan fingerprint density at radius 2 is 2.00 bits per heavy atom. The molecule has 1 rings (SSSR count). The third-order valence-corrected chi connectivity index (χ3v) is 2.58. The molecular formula is C12H14O3. The van der Waals surface area contributed by atoms with E-state index < -0.39 is 17.5 Å². The molecule has 0 heterocycles. The van der Waals surface area contributed by atoms with Gasteiger partial charge < -0.3 is 10.2 Å². The van der Waals surface area contributed by atoms with Crippen molar-refractivity contribution in [1.82, 2.24) is 0 Å². The van der Waals surface area contributed by atoms with Gasteiger partial charge in [-0.2, -0.15) is 0 Å². The molecule has 1 aromatic rings.